The van der Waals surface area contributed by atoms with Gasteiger partial charge in [-0.2, -0.15) is 4.58 Å². The van der Waals surface area contributed by atoms with Gasteiger partial charge in [0, 0.05) is 66.6 Å². The van der Waals surface area contributed by atoms with Crippen LogP contribution in [0.1, 0.15) is 70.9 Å². The first-order valence-electron chi connectivity index (χ1n) is 20.3. The summed E-state index contributed by atoms with van der Waals surface area (Å²) < 4.78 is 162. The van der Waals surface area contributed by atoms with Gasteiger partial charge in [0.05, 0.1) is 38.2 Å². The summed E-state index contributed by atoms with van der Waals surface area (Å²) in [4.78, 5) is 9.68. The lowest BCUT2D eigenvalue weighted by atomic mass is 9.76. The Labute approximate surface area is 377 Å². The van der Waals surface area contributed by atoms with Gasteiger partial charge in [0.2, 0.25) is 5.69 Å². The maximum absolute atomic E-state index is 12.6. The fraction of sp³-hybridized carbons (Fsp3) is 0.395. The quantitative estimate of drug-likeness (QED) is 0.0741. The molecule has 4 aromatic rings. The Morgan fingerprint density at radius 2 is 1.31 bits per heavy atom. The third-order valence-electron chi connectivity index (χ3n) is 12.0. The number of carboxylic acids is 1. The fourth-order valence-electron chi connectivity index (χ4n) is 9.15. The van der Waals surface area contributed by atoms with E-state index in [0.29, 0.717) is 78.4 Å². The molecule has 2 heterocycles. The standard InChI is InChI=1S/C43H50N2O16S4/c1-6-44-33-16-14-29-31(23-27(62(48,49)50)25-35(29)64(54,55)56)40(33)42(2,3)37(44)11-10-12-38-43(4,18-20-61-22-21-60-5)41-32-24-28(63(51,52)53)26-36(65(57,58)59)30(32)15-17-34(41)45(38)19-9-7-8-13-39(46)47/h10-12,14-17,23-26H,6-9,13,18-22H2,1-5H3,(H4-,46,47,48,49,50,51,52,53,54,55,56,57,58,59)/p-3. The van der Waals surface area contributed by atoms with E-state index in [1.165, 1.54) is 19.2 Å². The third kappa shape index (κ3) is 9.78. The molecule has 0 aromatic heterocycles. The molecule has 2 aliphatic heterocycles. The lowest BCUT2D eigenvalue weighted by Gasteiger charge is -2.31. The van der Waals surface area contributed by atoms with Crippen LogP contribution < -0.4 is 4.90 Å². The summed E-state index contributed by atoms with van der Waals surface area (Å²) in [6, 6.07) is 9.22. The zero-order chi connectivity index (χ0) is 48.1. The smallest absolute Gasteiger partial charge is 0.303 e. The van der Waals surface area contributed by atoms with Gasteiger partial charge in [-0.05, 0) is 111 Å². The Balaban J connectivity index is 1.58. The van der Waals surface area contributed by atoms with Crippen molar-refractivity contribution in [2.75, 3.05) is 44.9 Å². The van der Waals surface area contributed by atoms with Crippen LogP contribution in [-0.4, -0.2) is 113 Å². The minimum Gasteiger partial charge on any atom is -0.744 e. The number of methoxy groups -OCH3 is 1. The summed E-state index contributed by atoms with van der Waals surface area (Å²) in [6.07, 6.45) is 6.78. The molecule has 0 radical (unpaired) electrons. The van der Waals surface area contributed by atoms with Gasteiger partial charge in [0.1, 0.15) is 47.0 Å². The van der Waals surface area contributed by atoms with E-state index in [9.17, 15) is 61.8 Å². The van der Waals surface area contributed by atoms with E-state index in [-0.39, 0.29) is 54.2 Å². The molecule has 0 bridgehead atoms. The van der Waals surface area contributed by atoms with Crippen molar-refractivity contribution in [2.24, 2.45) is 0 Å². The van der Waals surface area contributed by atoms with Gasteiger partial charge < -0.3 is 37.7 Å². The predicted octanol–water partition coefficient (Wildman–Crippen LogP) is 4.92. The van der Waals surface area contributed by atoms with Gasteiger partial charge in [0.15, 0.2) is 5.71 Å². The van der Waals surface area contributed by atoms with Crippen molar-refractivity contribution >= 4 is 85.1 Å². The molecule has 1 atom stereocenters. The van der Waals surface area contributed by atoms with Crippen molar-refractivity contribution in [3.05, 3.63) is 83.6 Å². The second kappa shape index (κ2) is 18.2. The molecule has 0 spiro atoms. The molecular weight excluding hydrogens is 929 g/mol. The number of hydrogen-bond acceptors (Lipinski definition) is 16. The highest BCUT2D eigenvalue weighted by atomic mass is 32.2. The van der Waals surface area contributed by atoms with Crippen LogP contribution >= 0.6 is 0 Å². The maximum atomic E-state index is 12.6. The SMILES string of the molecule is CC[N+]1=C(/C=C/C=C2/N(CCCCCC(=O)O)c3ccc4c(S(=O)(=O)[O-])cc(S(=O)(=O)[O-])cc4c3C2(C)CCOCCOC)C(C)(C)c2c1ccc1c(S(=O)(=O)[O-])cc(S(=O)(=O)[O-])cc21. The minimum atomic E-state index is -5.32. The number of hydrogen-bond donors (Lipinski definition) is 1. The van der Waals surface area contributed by atoms with Crippen LogP contribution in [0.4, 0.5) is 11.4 Å². The Morgan fingerprint density at radius 1 is 0.738 bits per heavy atom. The van der Waals surface area contributed by atoms with Crippen LogP contribution in [0, 0.1) is 0 Å². The molecule has 1 N–H and O–H groups in total. The van der Waals surface area contributed by atoms with E-state index in [4.69, 9.17) is 9.47 Å². The van der Waals surface area contributed by atoms with Crippen LogP contribution in [-0.2, 0) is 65.6 Å². The highest BCUT2D eigenvalue weighted by Gasteiger charge is 2.47. The number of anilines is 1. The van der Waals surface area contributed by atoms with E-state index in [1.54, 1.807) is 30.4 Å². The van der Waals surface area contributed by atoms with Crippen molar-refractivity contribution in [1.82, 2.24) is 0 Å². The monoisotopic (exact) mass is 975 g/mol. The number of allylic oxidation sites excluding steroid dienone is 4. The third-order valence-corrected chi connectivity index (χ3v) is 15.4. The highest BCUT2D eigenvalue weighted by molar-refractivity contribution is 7.87. The van der Waals surface area contributed by atoms with Crippen molar-refractivity contribution in [3.63, 3.8) is 0 Å². The molecule has 0 saturated carbocycles. The number of aliphatic carboxylic acids is 1. The number of unbranched alkanes of at least 4 members (excludes halogenated alkanes) is 2. The Hall–Kier alpha value is -4.62. The number of fused-ring (bicyclic) bond motifs is 6. The van der Waals surface area contributed by atoms with Crippen LogP contribution in [0.3, 0.4) is 0 Å². The van der Waals surface area contributed by atoms with E-state index in [1.807, 2.05) is 37.2 Å². The van der Waals surface area contributed by atoms with Gasteiger partial charge in [-0.15, -0.1) is 0 Å². The van der Waals surface area contributed by atoms with Gasteiger partial charge in [0.25, 0.3) is 0 Å². The normalized spacial score (nSPS) is 18.4. The molecule has 0 aliphatic carbocycles. The molecule has 1 unspecified atom stereocenters. The number of benzene rings is 4. The summed E-state index contributed by atoms with van der Waals surface area (Å²) in [7, 11) is -19.6. The van der Waals surface area contributed by atoms with Crippen molar-refractivity contribution < 1.29 is 75.8 Å². The zero-order valence-corrected chi connectivity index (χ0v) is 39.3. The molecule has 0 fully saturated rings. The van der Waals surface area contributed by atoms with Crippen LogP contribution in [0.15, 0.2) is 92.0 Å². The van der Waals surface area contributed by atoms with Crippen LogP contribution in [0.2, 0.25) is 0 Å². The number of ether oxygens (including phenoxy) is 2. The van der Waals surface area contributed by atoms with Crippen molar-refractivity contribution in [1.29, 1.82) is 0 Å². The lowest BCUT2D eigenvalue weighted by Crippen LogP contribution is -2.31. The molecule has 2 aliphatic rings. The van der Waals surface area contributed by atoms with Gasteiger partial charge >= 0.3 is 5.97 Å². The average Bonchev–Trinajstić information content (AvgIpc) is 3.57. The second-order valence-electron chi connectivity index (χ2n) is 16.5. The first-order valence-corrected chi connectivity index (χ1v) is 26.0. The van der Waals surface area contributed by atoms with Gasteiger partial charge in [-0.25, -0.2) is 33.7 Å². The summed E-state index contributed by atoms with van der Waals surface area (Å²) in [5.41, 5.74) is 0.986. The highest BCUT2D eigenvalue weighted by Crippen LogP contribution is 2.54. The van der Waals surface area contributed by atoms with E-state index in [2.05, 4.69) is 0 Å². The molecule has 18 nitrogen and oxygen atoms in total. The van der Waals surface area contributed by atoms with Gasteiger partial charge in [-0.3, -0.25) is 4.79 Å². The zero-order valence-electron chi connectivity index (χ0n) is 36.0. The minimum absolute atomic E-state index is 0.0289. The van der Waals surface area contributed by atoms with Crippen molar-refractivity contribution in [3.8, 4) is 0 Å². The second-order valence-corrected chi connectivity index (χ2v) is 21.9. The fourth-order valence-corrected chi connectivity index (χ4v) is 11.8. The molecule has 65 heavy (non-hydrogen) atoms. The Morgan fingerprint density at radius 3 is 1.83 bits per heavy atom. The topological polar surface area (TPSA) is 291 Å². The molecule has 4 aromatic carbocycles. The molecule has 6 rings (SSSR count). The Kier molecular flexibility index (Phi) is 14.0. The van der Waals surface area contributed by atoms with Crippen molar-refractivity contribution in [2.45, 2.75) is 90.2 Å². The summed E-state index contributed by atoms with van der Waals surface area (Å²) in [6.45, 7) is 8.53. The van der Waals surface area contributed by atoms with E-state index >= 15 is 0 Å². The number of carbonyl (C=O) groups is 1. The average molecular weight is 976 g/mol. The lowest BCUT2D eigenvalue weighted by molar-refractivity contribution is -0.433. The van der Waals surface area contributed by atoms with E-state index in [0.717, 1.165) is 12.1 Å². The number of carboxylic acid groups (broad SMARTS) is 1. The number of rotatable bonds is 19. The molecule has 352 valence electrons. The van der Waals surface area contributed by atoms with E-state index < -0.39 is 76.9 Å². The summed E-state index contributed by atoms with van der Waals surface area (Å²) in [5, 5.41) is 9.19. The summed E-state index contributed by atoms with van der Waals surface area (Å²) in [5.74, 6) is -0.960. The molecule has 0 amide bonds. The maximum Gasteiger partial charge on any atom is 0.303 e. The van der Waals surface area contributed by atoms with Crippen LogP contribution in [0.25, 0.3) is 21.5 Å². The Bertz CT molecular complexity index is 3160. The molecular formula is C43H47N2O16S4-3. The summed E-state index contributed by atoms with van der Waals surface area (Å²) >= 11 is 0. The molecule has 22 heteroatoms. The van der Waals surface area contributed by atoms with Crippen LogP contribution in [0.5, 0.6) is 0 Å². The predicted molar refractivity (Wildman–Crippen MR) is 234 cm³/mol. The van der Waals surface area contributed by atoms with Gasteiger partial charge in [-0.1, -0.05) is 18.6 Å². The number of nitrogens with zero attached hydrogens (tertiary/aromatic N) is 2. The first-order chi connectivity index (χ1) is 30.2. The largest absolute Gasteiger partial charge is 0.744 e. The molecule has 0 saturated heterocycles. The first kappa shape index (κ1) is 49.8.